The van der Waals surface area contributed by atoms with E-state index in [1.807, 2.05) is 6.26 Å². The van der Waals surface area contributed by atoms with Crippen LogP contribution in [0.2, 0.25) is 0 Å². The molecule has 0 saturated carbocycles. The molecule has 0 aliphatic rings. The molecule has 0 saturated heterocycles. The van der Waals surface area contributed by atoms with E-state index in [1.54, 1.807) is 30.0 Å². The number of aromatic hydroxyl groups is 1. The van der Waals surface area contributed by atoms with Gasteiger partial charge >= 0.3 is 0 Å². The molecule has 3 nitrogen and oxygen atoms in total. The lowest BCUT2D eigenvalue weighted by atomic mass is 10.1. The number of phenols is 1. The monoisotopic (exact) mass is 197 g/mol. The number of thioether (sulfide) groups is 1. The van der Waals surface area contributed by atoms with Crippen LogP contribution in [0.3, 0.4) is 0 Å². The molecule has 0 radical (unpaired) electrons. The van der Waals surface area contributed by atoms with Crippen LogP contribution < -0.4 is 5.73 Å². The van der Waals surface area contributed by atoms with Crippen LogP contribution in [0.5, 0.6) is 5.75 Å². The predicted octanol–water partition coefficient (Wildman–Crippen LogP) is 1.14. The van der Waals surface area contributed by atoms with Crippen molar-refractivity contribution < 1.29 is 9.90 Å². The first kappa shape index (κ1) is 9.92. The zero-order valence-electron chi connectivity index (χ0n) is 7.28. The van der Waals surface area contributed by atoms with Gasteiger partial charge in [-0.3, -0.25) is 4.79 Å². The number of benzene rings is 1. The van der Waals surface area contributed by atoms with Crippen LogP contribution in [0.15, 0.2) is 23.1 Å². The second-order valence-electron chi connectivity index (χ2n) is 2.64. The maximum absolute atomic E-state index is 10.6. The third-order valence-corrected chi connectivity index (χ3v) is 2.38. The number of hydrogen-bond donors (Lipinski definition) is 2. The Morgan fingerprint density at radius 1 is 1.62 bits per heavy atom. The van der Waals surface area contributed by atoms with E-state index in [2.05, 4.69) is 0 Å². The standard InChI is InChI=1S/C9H11NO2S/c1-13-7-2-3-8(11)6(4-7)5-9(10)12/h2-4,11H,5H2,1H3,(H2,10,12). The normalized spacial score (nSPS) is 9.92. The number of amides is 1. The molecular weight excluding hydrogens is 186 g/mol. The van der Waals surface area contributed by atoms with Crippen molar-refractivity contribution >= 4 is 17.7 Å². The van der Waals surface area contributed by atoms with E-state index in [4.69, 9.17) is 5.73 Å². The third kappa shape index (κ3) is 2.66. The molecule has 0 bridgehead atoms. The fraction of sp³-hybridized carbons (Fsp3) is 0.222. The highest BCUT2D eigenvalue weighted by atomic mass is 32.2. The first-order valence-electron chi connectivity index (χ1n) is 3.77. The van der Waals surface area contributed by atoms with E-state index in [0.717, 1.165) is 4.90 Å². The van der Waals surface area contributed by atoms with Crippen molar-refractivity contribution in [3.05, 3.63) is 23.8 Å². The quantitative estimate of drug-likeness (QED) is 0.714. The summed E-state index contributed by atoms with van der Waals surface area (Å²) in [5.41, 5.74) is 5.61. The van der Waals surface area contributed by atoms with Crippen LogP contribution in [0, 0.1) is 0 Å². The number of carbonyl (C=O) groups is 1. The van der Waals surface area contributed by atoms with Gasteiger partial charge in [0.05, 0.1) is 6.42 Å². The Morgan fingerprint density at radius 2 is 2.31 bits per heavy atom. The van der Waals surface area contributed by atoms with E-state index in [9.17, 15) is 9.90 Å². The highest BCUT2D eigenvalue weighted by molar-refractivity contribution is 7.98. The molecule has 1 aromatic rings. The van der Waals surface area contributed by atoms with Crippen molar-refractivity contribution in [2.75, 3.05) is 6.26 Å². The van der Waals surface area contributed by atoms with Gasteiger partial charge in [0.25, 0.3) is 0 Å². The maximum Gasteiger partial charge on any atom is 0.221 e. The minimum atomic E-state index is -0.437. The van der Waals surface area contributed by atoms with Crippen molar-refractivity contribution in [1.29, 1.82) is 0 Å². The molecule has 0 aromatic heterocycles. The van der Waals surface area contributed by atoms with Gasteiger partial charge in [-0.15, -0.1) is 11.8 Å². The average molecular weight is 197 g/mol. The molecule has 0 aliphatic carbocycles. The zero-order valence-corrected chi connectivity index (χ0v) is 8.10. The Kier molecular flexibility index (Phi) is 3.19. The molecule has 0 spiro atoms. The Balaban J connectivity index is 2.96. The van der Waals surface area contributed by atoms with Crippen LogP contribution >= 0.6 is 11.8 Å². The second-order valence-corrected chi connectivity index (χ2v) is 3.52. The van der Waals surface area contributed by atoms with Gasteiger partial charge in [0.15, 0.2) is 0 Å². The topological polar surface area (TPSA) is 63.3 Å². The first-order valence-corrected chi connectivity index (χ1v) is 5.00. The molecule has 0 heterocycles. The largest absolute Gasteiger partial charge is 0.508 e. The molecule has 0 aliphatic heterocycles. The van der Waals surface area contributed by atoms with Gasteiger partial charge < -0.3 is 10.8 Å². The molecular formula is C9H11NO2S. The number of hydrogen-bond acceptors (Lipinski definition) is 3. The van der Waals surface area contributed by atoms with Gasteiger partial charge in [0.2, 0.25) is 5.91 Å². The average Bonchev–Trinajstić information content (AvgIpc) is 2.08. The van der Waals surface area contributed by atoms with Crippen LogP contribution in [0.25, 0.3) is 0 Å². The van der Waals surface area contributed by atoms with Crippen LogP contribution in [0.4, 0.5) is 0 Å². The summed E-state index contributed by atoms with van der Waals surface area (Å²) in [7, 11) is 0. The molecule has 70 valence electrons. The summed E-state index contributed by atoms with van der Waals surface area (Å²) in [5, 5.41) is 9.36. The van der Waals surface area contributed by atoms with E-state index in [0.29, 0.717) is 5.56 Å². The van der Waals surface area contributed by atoms with Gasteiger partial charge in [-0.05, 0) is 24.5 Å². The van der Waals surface area contributed by atoms with Crippen molar-refractivity contribution in [3.8, 4) is 5.75 Å². The number of phenolic OH excluding ortho intramolecular Hbond substituents is 1. The molecule has 13 heavy (non-hydrogen) atoms. The van der Waals surface area contributed by atoms with Crippen molar-refractivity contribution in [3.63, 3.8) is 0 Å². The maximum atomic E-state index is 10.6. The van der Waals surface area contributed by atoms with E-state index < -0.39 is 5.91 Å². The van der Waals surface area contributed by atoms with Gasteiger partial charge in [0.1, 0.15) is 5.75 Å². The summed E-state index contributed by atoms with van der Waals surface area (Å²) in [5.74, 6) is -0.315. The summed E-state index contributed by atoms with van der Waals surface area (Å²) >= 11 is 1.56. The summed E-state index contributed by atoms with van der Waals surface area (Å²) in [4.78, 5) is 11.6. The number of carbonyl (C=O) groups excluding carboxylic acids is 1. The summed E-state index contributed by atoms with van der Waals surface area (Å²) < 4.78 is 0. The van der Waals surface area contributed by atoms with E-state index in [-0.39, 0.29) is 12.2 Å². The van der Waals surface area contributed by atoms with Crippen molar-refractivity contribution in [1.82, 2.24) is 0 Å². The van der Waals surface area contributed by atoms with E-state index >= 15 is 0 Å². The highest BCUT2D eigenvalue weighted by Crippen LogP contribution is 2.23. The van der Waals surface area contributed by atoms with Crippen LogP contribution in [-0.4, -0.2) is 17.3 Å². The van der Waals surface area contributed by atoms with Gasteiger partial charge in [0, 0.05) is 10.5 Å². The van der Waals surface area contributed by atoms with Crippen LogP contribution in [0.1, 0.15) is 5.56 Å². The van der Waals surface area contributed by atoms with Gasteiger partial charge in [-0.25, -0.2) is 0 Å². The molecule has 1 rings (SSSR count). The van der Waals surface area contributed by atoms with Crippen molar-refractivity contribution in [2.24, 2.45) is 5.73 Å². The zero-order chi connectivity index (χ0) is 9.84. The fourth-order valence-electron chi connectivity index (χ4n) is 1.02. The lowest BCUT2D eigenvalue weighted by Crippen LogP contribution is -2.13. The number of nitrogens with two attached hydrogens (primary N) is 1. The smallest absolute Gasteiger partial charge is 0.221 e. The molecule has 1 amide bonds. The summed E-state index contributed by atoms with van der Waals surface area (Å²) in [6.45, 7) is 0. The molecule has 0 atom stereocenters. The first-order chi connectivity index (χ1) is 6.13. The third-order valence-electron chi connectivity index (χ3n) is 1.65. The van der Waals surface area contributed by atoms with E-state index in [1.165, 1.54) is 0 Å². The van der Waals surface area contributed by atoms with Crippen LogP contribution in [-0.2, 0) is 11.2 Å². The summed E-state index contributed by atoms with van der Waals surface area (Å²) in [6.07, 6.45) is 2.01. The minimum absolute atomic E-state index is 0.0836. The Hall–Kier alpha value is -1.16. The Morgan fingerprint density at radius 3 is 2.85 bits per heavy atom. The van der Waals surface area contributed by atoms with Gasteiger partial charge in [-0.2, -0.15) is 0 Å². The molecule has 0 unspecified atom stereocenters. The Labute approximate surface area is 80.9 Å². The molecule has 0 fully saturated rings. The highest BCUT2D eigenvalue weighted by Gasteiger charge is 2.05. The van der Waals surface area contributed by atoms with Crippen molar-refractivity contribution in [2.45, 2.75) is 11.3 Å². The second kappa shape index (κ2) is 4.18. The SMILES string of the molecule is CSc1ccc(O)c(CC(N)=O)c1. The Bertz CT molecular complexity index is 325. The lowest BCUT2D eigenvalue weighted by Gasteiger charge is -2.03. The van der Waals surface area contributed by atoms with Gasteiger partial charge in [-0.1, -0.05) is 0 Å². The molecule has 4 heteroatoms. The molecule has 3 N–H and O–H groups in total. The fourth-order valence-corrected chi connectivity index (χ4v) is 1.48. The summed E-state index contributed by atoms with van der Waals surface area (Å²) in [6, 6.07) is 5.14. The number of primary amides is 1. The number of rotatable bonds is 3. The molecule has 1 aromatic carbocycles. The minimum Gasteiger partial charge on any atom is -0.508 e. The predicted molar refractivity (Wildman–Crippen MR) is 52.8 cm³/mol. The lowest BCUT2D eigenvalue weighted by molar-refractivity contribution is -0.117.